The molecule has 1 heterocycles. The van der Waals surface area contributed by atoms with Crippen LogP contribution in [-0.4, -0.2) is 46.2 Å². The second kappa shape index (κ2) is 3.53. The third-order valence-electron chi connectivity index (χ3n) is 2.04. The number of nitrogens with zero attached hydrogens (tertiary/aromatic N) is 1. The van der Waals surface area contributed by atoms with Crippen molar-refractivity contribution >= 4 is 12.4 Å². The Kier molecular flexibility index (Phi) is 2.65. The van der Waals surface area contributed by atoms with Gasteiger partial charge in [-0.3, -0.25) is 4.79 Å². The maximum Gasteiger partial charge on any atom is 0.326 e. The Bertz CT molecular complexity index is 194. The highest BCUT2D eigenvalue weighted by molar-refractivity contribution is 5.76. The lowest BCUT2D eigenvalue weighted by atomic mass is 10.0. The molecule has 2 atom stereocenters. The molecule has 1 fully saturated rings. The molecule has 0 bridgehead atoms. The van der Waals surface area contributed by atoms with E-state index in [9.17, 15) is 9.59 Å². The molecule has 12 heavy (non-hydrogen) atoms. The molecule has 1 rings (SSSR count). The number of aliphatic hydroxyl groups is 1. The van der Waals surface area contributed by atoms with Gasteiger partial charge in [-0.05, 0) is 6.42 Å². The number of likely N-dealkylation sites (tertiary alicyclic amines) is 1. The number of aliphatic hydroxyl groups excluding tert-OH is 1. The van der Waals surface area contributed by atoms with Crippen molar-refractivity contribution < 1.29 is 19.8 Å². The van der Waals surface area contributed by atoms with Crippen LogP contribution in [0.25, 0.3) is 0 Å². The zero-order chi connectivity index (χ0) is 9.14. The average molecular weight is 173 g/mol. The summed E-state index contributed by atoms with van der Waals surface area (Å²) in [6, 6.07) is -0.855. The number of carbonyl (C=O) groups excluding carboxylic acids is 1. The van der Waals surface area contributed by atoms with Gasteiger partial charge < -0.3 is 15.1 Å². The second-order valence-corrected chi connectivity index (χ2v) is 2.88. The molecule has 0 saturated carbocycles. The Balaban J connectivity index is 2.63. The van der Waals surface area contributed by atoms with Crippen molar-refractivity contribution in [1.29, 1.82) is 0 Å². The Morgan fingerprint density at radius 3 is 2.75 bits per heavy atom. The zero-order valence-corrected chi connectivity index (χ0v) is 6.51. The number of hydrogen-bond donors (Lipinski definition) is 2. The molecule has 2 unspecified atom stereocenters. The predicted octanol–water partition coefficient (Wildman–Crippen LogP) is -0.947. The van der Waals surface area contributed by atoms with Crippen molar-refractivity contribution in [3.8, 4) is 0 Å². The Morgan fingerprint density at radius 2 is 2.25 bits per heavy atom. The van der Waals surface area contributed by atoms with Gasteiger partial charge in [0.2, 0.25) is 6.41 Å². The lowest BCUT2D eigenvalue weighted by Crippen LogP contribution is -2.47. The number of amides is 1. The van der Waals surface area contributed by atoms with E-state index in [1.165, 1.54) is 4.90 Å². The minimum atomic E-state index is -1.05. The molecule has 0 aromatic carbocycles. The lowest BCUT2D eigenvalue weighted by molar-refractivity contribution is -0.150. The van der Waals surface area contributed by atoms with Gasteiger partial charge in [0, 0.05) is 13.0 Å². The normalized spacial score (nSPS) is 29.9. The molecular weight excluding hydrogens is 162 g/mol. The summed E-state index contributed by atoms with van der Waals surface area (Å²) in [6.07, 6.45) is 0.517. The summed E-state index contributed by atoms with van der Waals surface area (Å²) in [5.41, 5.74) is 0. The summed E-state index contributed by atoms with van der Waals surface area (Å²) < 4.78 is 0. The van der Waals surface area contributed by atoms with Crippen LogP contribution in [-0.2, 0) is 9.59 Å². The second-order valence-electron chi connectivity index (χ2n) is 2.88. The molecule has 2 N–H and O–H groups in total. The molecule has 0 aromatic rings. The van der Waals surface area contributed by atoms with Crippen LogP contribution in [0.5, 0.6) is 0 Å². The molecule has 68 valence electrons. The number of hydrogen-bond acceptors (Lipinski definition) is 3. The van der Waals surface area contributed by atoms with E-state index >= 15 is 0 Å². The number of carboxylic acids is 1. The molecule has 1 aliphatic rings. The van der Waals surface area contributed by atoms with E-state index in [0.717, 1.165) is 0 Å². The number of carboxylic acid groups (broad SMARTS) is 1. The van der Waals surface area contributed by atoms with E-state index in [1.54, 1.807) is 0 Å². The van der Waals surface area contributed by atoms with Crippen molar-refractivity contribution in [2.24, 2.45) is 0 Å². The van der Waals surface area contributed by atoms with Gasteiger partial charge in [-0.1, -0.05) is 0 Å². The number of rotatable bonds is 2. The summed E-state index contributed by atoms with van der Waals surface area (Å²) in [4.78, 5) is 22.1. The highest BCUT2D eigenvalue weighted by atomic mass is 16.4. The van der Waals surface area contributed by atoms with Crippen molar-refractivity contribution in [2.45, 2.75) is 25.0 Å². The van der Waals surface area contributed by atoms with E-state index in [4.69, 9.17) is 10.2 Å². The van der Waals surface area contributed by atoms with Crippen molar-refractivity contribution in [2.75, 3.05) is 6.54 Å². The molecule has 1 aliphatic heterocycles. The molecule has 0 aromatic heterocycles. The maximum atomic E-state index is 10.6. The molecule has 5 heteroatoms. The van der Waals surface area contributed by atoms with Crippen LogP contribution < -0.4 is 0 Å². The standard InChI is InChI=1S/C7H11NO4/c9-4-8-2-1-5(10)3-6(8)7(11)12/h4-6,10H,1-3H2,(H,11,12). The Labute approximate surface area is 69.6 Å². The van der Waals surface area contributed by atoms with Gasteiger partial charge in [-0.15, -0.1) is 0 Å². The largest absolute Gasteiger partial charge is 0.480 e. The van der Waals surface area contributed by atoms with Gasteiger partial charge >= 0.3 is 5.97 Å². The van der Waals surface area contributed by atoms with Crippen LogP contribution in [0.3, 0.4) is 0 Å². The van der Waals surface area contributed by atoms with Crippen molar-refractivity contribution in [1.82, 2.24) is 4.90 Å². The lowest BCUT2D eigenvalue weighted by Gasteiger charge is -2.32. The zero-order valence-electron chi connectivity index (χ0n) is 6.51. The van der Waals surface area contributed by atoms with Gasteiger partial charge in [0.05, 0.1) is 6.10 Å². The third-order valence-corrected chi connectivity index (χ3v) is 2.04. The molecular formula is C7H11NO4. The molecule has 0 spiro atoms. The van der Waals surface area contributed by atoms with Crippen LogP contribution in [0.15, 0.2) is 0 Å². The average Bonchev–Trinajstić information content (AvgIpc) is 2.04. The first-order valence-corrected chi connectivity index (χ1v) is 3.77. The summed E-state index contributed by atoms with van der Waals surface area (Å²) in [5.74, 6) is -1.05. The quantitative estimate of drug-likeness (QED) is 0.528. The van der Waals surface area contributed by atoms with E-state index in [-0.39, 0.29) is 6.42 Å². The van der Waals surface area contributed by atoms with E-state index in [2.05, 4.69) is 0 Å². The van der Waals surface area contributed by atoms with E-state index in [0.29, 0.717) is 19.4 Å². The van der Waals surface area contributed by atoms with Crippen LogP contribution in [0.4, 0.5) is 0 Å². The summed E-state index contributed by atoms with van der Waals surface area (Å²) >= 11 is 0. The van der Waals surface area contributed by atoms with Gasteiger partial charge in [0.15, 0.2) is 0 Å². The fourth-order valence-electron chi connectivity index (χ4n) is 1.33. The van der Waals surface area contributed by atoms with Crippen LogP contribution >= 0.6 is 0 Å². The SMILES string of the molecule is O=CN1CCC(O)CC1C(=O)O. The highest BCUT2D eigenvalue weighted by Gasteiger charge is 2.31. The third kappa shape index (κ3) is 1.73. The topological polar surface area (TPSA) is 77.8 Å². The minimum absolute atomic E-state index is 0.133. The number of carbonyl (C=O) groups is 2. The molecule has 1 saturated heterocycles. The molecule has 0 radical (unpaired) electrons. The van der Waals surface area contributed by atoms with Gasteiger partial charge in [-0.2, -0.15) is 0 Å². The Hall–Kier alpha value is -1.10. The van der Waals surface area contributed by atoms with Crippen molar-refractivity contribution in [3.63, 3.8) is 0 Å². The van der Waals surface area contributed by atoms with Crippen molar-refractivity contribution in [3.05, 3.63) is 0 Å². The van der Waals surface area contributed by atoms with Gasteiger partial charge in [0.25, 0.3) is 0 Å². The molecule has 0 aliphatic carbocycles. The van der Waals surface area contributed by atoms with Crippen LogP contribution in [0, 0.1) is 0 Å². The smallest absolute Gasteiger partial charge is 0.326 e. The van der Waals surface area contributed by atoms with Crippen LogP contribution in [0.2, 0.25) is 0 Å². The van der Waals surface area contributed by atoms with E-state index < -0.39 is 18.1 Å². The monoisotopic (exact) mass is 173 g/mol. The predicted molar refractivity (Wildman–Crippen MR) is 39.4 cm³/mol. The summed E-state index contributed by atoms with van der Waals surface area (Å²) in [7, 11) is 0. The first kappa shape index (κ1) is 8.99. The summed E-state index contributed by atoms with van der Waals surface area (Å²) in [5, 5.41) is 17.8. The fraction of sp³-hybridized carbons (Fsp3) is 0.714. The Morgan fingerprint density at radius 1 is 1.58 bits per heavy atom. The maximum absolute atomic E-state index is 10.6. The van der Waals surface area contributed by atoms with E-state index in [1.807, 2.05) is 0 Å². The van der Waals surface area contributed by atoms with Gasteiger partial charge in [0.1, 0.15) is 6.04 Å². The minimum Gasteiger partial charge on any atom is -0.480 e. The first-order chi connectivity index (χ1) is 5.65. The number of piperidine rings is 1. The molecule has 1 amide bonds. The fourth-order valence-corrected chi connectivity index (χ4v) is 1.33. The van der Waals surface area contributed by atoms with Gasteiger partial charge in [-0.25, -0.2) is 4.79 Å². The first-order valence-electron chi connectivity index (χ1n) is 3.77. The highest BCUT2D eigenvalue weighted by Crippen LogP contribution is 2.15. The number of aliphatic carboxylic acids is 1. The molecule has 5 nitrogen and oxygen atoms in total. The van der Waals surface area contributed by atoms with Crippen LogP contribution in [0.1, 0.15) is 12.8 Å². The summed E-state index contributed by atoms with van der Waals surface area (Å²) in [6.45, 7) is 0.321.